The molecule has 2 aromatic rings. The SMILES string of the molecule is C[C@H]1OCC[C@@H]1C(=O)OCc1cnc(-c2ccccc2)s1. The molecule has 3 rings (SSSR count). The van der Waals surface area contributed by atoms with E-state index in [4.69, 9.17) is 9.47 Å². The Hall–Kier alpha value is -1.72. The van der Waals surface area contributed by atoms with E-state index in [9.17, 15) is 4.79 Å². The van der Waals surface area contributed by atoms with Gasteiger partial charge in [-0.15, -0.1) is 11.3 Å². The summed E-state index contributed by atoms with van der Waals surface area (Å²) < 4.78 is 10.8. The number of hydrogen-bond donors (Lipinski definition) is 0. The van der Waals surface area contributed by atoms with Crippen molar-refractivity contribution in [3.8, 4) is 10.6 Å². The third-order valence-electron chi connectivity index (χ3n) is 3.61. The van der Waals surface area contributed by atoms with E-state index < -0.39 is 0 Å². The first kappa shape index (κ1) is 14.2. The fraction of sp³-hybridized carbons (Fsp3) is 0.375. The van der Waals surface area contributed by atoms with E-state index in [1.54, 1.807) is 17.5 Å². The lowest BCUT2D eigenvalue weighted by Crippen LogP contribution is -2.23. The largest absolute Gasteiger partial charge is 0.460 e. The van der Waals surface area contributed by atoms with Gasteiger partial charge >= 0.3 is 5.97 Å². The third-order valence-corrected chi connectivity index (χ3v) is 4.63. The van der Waals surface area contributed by atoms with Gasteiger partial charge in [0.25, 0.3) is 0 Å². The number of thiazole rings is 1. The maximum absolute atomic E-state index is 12.0. The maximum Gasteiger partial charge on any atom is 0.312 e. The Labute approximate surface area is 127 Å². The van der Waals surface area contributed by atoms with Gasteiger partial charge in [-0.2, -0.15) is 0 Å². The first-order valence-corrected chi connectivity index (χ1v) is 7.84. The summed E-state index contributed by atoms with van der Waals surface area (Å²) >= 11 is 1.55. The molecule has 21 heavy (non-hydrogen) atoms. The van der Waals surface area contributed by atoms with Gasteiger partial charge in [-0.05, 0) is 13.3 Å². The average Bonchev–Trinajstić information content (AvgIpc) is 3.15. The Bertz CT molecular complexity index is 611. The average molecular weight is 303 g/mol. The van der Waals surface area contributed by atoms with E-state index in [2.05, 4.69) is 4.98 Å². The molecule has 0 aliphatic carbocycles. The Kier molecular flexibility index (Phi) is 4.31. The fourth-order valence-electron chi connectivity index (χ4n) is 2.38. The molecule has 1 aromatic carbocycles. The Morgan fingerprint density at radius 3 is 2.95 bits per heavy atom. The molecule has 0 N–H and O–H groups in total. The quantitative estimate of drug-likeness (QED) is 0.813. The summed E-state index contributed by atoms with van der Waals surface area (Å²) in [6, 6.07) is 9.98. The van der Waals surface area contributed by atoms with Gasteiger partial charge in [0.15, 0.2) is 0 Å². The number of esters is 1. The summed E-state index contributed by atoms with van der Waals surface area (Å²) in [6.45, 7) is 2.84. The molecule has 0 amide bonds. The molecule has 0 saturated carbocycles. The molecule has 1 aromatic heterocycles. The van der Waals surface area contributed by atoms with Crippen LogP contribution < -0.4 is 0 Å². The summed E-state index contributed by atoms with van der Waals surface area (Å²) in [7, 11) is 0. The van der Waals surface area contributed by atoms with E-state index in [1.807, 2.05) is 37.3 Å². The summed E-state index contributed by atoms with van der Waals surface area (Å²) in [4.78, 5) is 17.3. The molecule has 1 fully saturated rings. The molecular weight excluding hydrogens is 286 g/mol. The van der Waals surface area contributed by atoms with Gasteiger partial charge in [0.05, 0.1) is 16.9 Å². The van der Waals surface area contributed by atoms with E-state index in [0.29, 0.717) is 6.61 Å². The fourth-order valence-corrected chi connectivity index (χ4v) is 3.21. The monoisotopic (exact) mass is 303 g/mol. The Balaban J connectivity index is 1.59. The zero-order valence-corrected chi connectivity index (χ0v) is 12.6. The molecule has 0 bridgehead atoms. The second kappa shape index (κ2) is 6.37. The van der Waals surface area contributed by atoms with Crippen LogP contribution in [0, 0.1) is 5.92 Å². The molecule has 0 unspecified atom stereocenters. The van der Waals surface area contributed by atoms with Crippen molar-refractivity contribution in [2.75, 3.05) is 6.61 Å². The zero-order chi connectivity index (χ0) is 14.7. The van der Waals surface area contributed by atoms with E-state index in [0.717, 1.165) is 21.9 Å². The number of carbonyl (C=O) groups is 1. The smallest absolute Gasteiger partial charge is 0.312 e. The molecule has 2 heterocycles. The van der Waals surface area contributed by atoms with Crippen molar-refractivity contribution in [2.45, 2.75) is 26.1 Å². The van der Waals surface area contributed by atoms with Crippen molar-refractivity contribution in [2.24, 2.45) is 5.92 Å². The molecule has 1 saturated heterocycles. The number of ether oxygens (including phenoxy) is 2. The highest BCUT2D eigenvalue weighted by Gasteiger charge is 2.32. The van der Waals surface area contributed by atoms with Crippen molar-refractivity contribution in [1.29, 1.82) is 0 Å². The molecule has 1 aliphatic heterocycles. The molecule has 4 nitrogen and oxygen atoms in total. The van der Waals surface area contributed by atoms with Gasteiger partial charge in [0.2, 0.25) is 0 Å². The zero-order valence-electron chi connectivity index (χ0n) is 11.8. The van der Waals surface area contributed by atoms with Crippen molar-refractivity contribution < 1.29 is 14.3 Å². The van der Waals surface area contributed by atoms with Gasteiger partial charge in [0, 0.05) is 18.4 Å². The van der Waals surface area contributed by atoms with Crippen molar-refractivity contribution >= 4 is 17.3 Å². The number of rotatable bonds is 4. The van der Waals surface area contributed by atoms with Crippen LogP contribution in [0.2, 0.25) is 0 Å². The van der Waals surface area contributed by atoms with Crippen LogP contribution in [0.3, 0.4) is 0 Å². The predicted molar refractivity (Wildman–Crippen MR) is 80.9 cm³/mol. The van der Waals surface area contributed by atoms with Gasteiger partial charge in [-0.1, -0.05) is 30.3 Å². The number of hydrogen-bond acceptors (Lipinski definition) is 5. The first-order valence-electron chi connectivity index (χ1n) is 7.02. The number of aromatic nitrogens is 1. The van der Waals surface area contributed by atoms with Crippen LogP contribution in [-0.2, 0) is 20.9 Å². The molecule has 1 aliphatic rings. The highest BCUT2D eigenvalue weighted by Crippen LogP contribution is 2.26. The Morgan fingerprint density at radius 1 is 1.43 bits per heavy atom. The van der Waals surface area contributed by atoms with Crippen LogP contribution in [0.5, 0.6) is 0 Å². The molecular formula is C16H17NO3S. The van der Waals surface area contributed by atoms with Gasteiger partial charge < -0.3 is 9.47 Å². The standard InChI is InChI=1S/C16H17NO3S/c1-11-14(7-8-19-11)16(18)20-10-13-9-17-15(21-13)12-5-3-2-4-6-12/h2-6,9,11,14H,7-8,10H2,1H3/t11-,14+/m1/s1. The van der Waals surface area contributed by atoms with Crippen LogP contribution >= 0.6 is 11.3 Å². The number of nitrogens with zero attached hydrogens (tertiary/aromatic N) is 1. The van der Waals surface area contributed by atoms with Crippen LogP contribution in [-0.4, -0.2) is 23.7 Å². The highest BCUT2D eigenvalue weighted by atomic mass is 32.1. The van der Waals surface area contributed by atoms with Gasteiger partial charge in [0.1, 0.15) is 11.6 Å². The van der Waals surface area contributed by atoms with Crippen LogP contribution in [0.15, 0.2) is 36.5 Å². The summed E-state index contributed by atoms with van der Waals surface area (Å²) in [5, 5.41) is 0.944. The second-order valence-corrected chi connectivity index (χ2v) is 6.19. The minimum Gasteiger partial charge on any atom is -0.460 e. The van der Waals surface area contributed by atoms with Crippen molar-refractivity contribution in [3.05, 3.63) is 41.4 Å². The maximum atomic E-state index is 12.0. The van der Waals surface area contributed by atoms with Crippen LogP contribution in [0.4, 0.5) is 0 Å². The third kappa shape index (κ3) is 3.31. The van der Waals surface area contributed by atoms with Gasteiger partial charge in [-0.3, -0.25) is 4.79 Å². The summed E-state index contributed by atoms with van der Waals surface area (Å²) in [5.41, 5.74) is 1.08. The number of carbonyl (C=O) groups excluding carboxylic acids is 1. The lowest BCUT2D eigenvalue weighted by Gasteiger charge is -2.12. The highest BCUT2D eigenvalue weighted by molar-refractivity contribution is 7.15. The minimum absolute atomic E-state index is 0.0427. The summed E-state index contributed by atoms with van der Waals surface area (Å²) in [5.74, 6) is -0.304. The van der Waals surface area contributed by atoms with E-state index in [1.165, 1.54) is 0 Å². The van der Waals surface area contributed by atoms with Crippen LogP contribution in [0.1, 0.15) is 18.2 Å². The van der Waals surface area contributed by atoms with E-state index >= 15 is 0 Å². The summed E-state index contributed by atoms with van der Waals surface area (Å²) in [6.07, 6.45) is 2.48. The van der Waals surface area contributed by atoms with E-state index in [-0.39, 0.29) is 24.6 Å². The molecule has 110 valence electrons. The lowest BCUT2D eigenvalue weighted by molar-refractivity contribution is -0.151. The van der Waals surface area contributed by atoms with Crippen LogP contribution in [0.25, 0.3) is 10.6 Å². The second-order valence-electron chi connectivity index (χ2n) is 5.08. The van der Waals surface area contributed by atoms with Gasteiger partial charge in [-0.25, -0.2) is 4.98 Å². The number of benzene rings is 1. The molecule has 2 atom stereocenters. The van der Waals surface area contributed by atoms with Crippen molar-refractivity contribution in [3.63, 3.8) is 0 Å². The molecule has 0 spiro atoms. The Morgan fingerprint density at radius 2 is 2.24 bits per heavy atom. The first-order chi connectivity index (χ1) is 10.2. The topological polar surface area (TPSA) is 48.4 Å². The normalized spacial score (nSPS) is 21.4. The molecule has 5 heteroatoms. The minimum atomic E-state index is -0.172. The molecule has 0 radical (unpaired) electrons. The predicted octanol–water partition coefficient (Wildman–Crippen LogP) is 3.28. The van der Waals surface area contributed by atoms with Crippen molar-refractivity contribution in [1.82, 2.24) is 4.98 Å². The lowest BCUT2D eigenvalue weighted by atomic mass is 10.0.